The number of aryl methyl sites for hydroxylation is 2. The lowest BCUT2D eigenvalue weighted by Crippen LogP contribution is -1.94. The maximum absolute atomic E-state index is 12.2. The zero-order chi connectivity index (χ0) is 15.2. The van der Waals surface area contributed by atoms with Crippen molar-refractivity contribution >= 4 is 23.6 Å². The summed E-state index contributed by atoms with van der Waals surface area (Å²) in [4.78, 5) is 13.4. The first-order valence-electron chi connectivity index (χ1n) is 7.12. The van der Waals surface area contributed by atoms with Crippen LogP contribution in [0.3, 0.4) is 0 Å². The zero-order valence-electron chi connectivity index (χ0n) is 12.7. The quantitative estimate of drug-likeness (QED) is 0.422. The first kappa shape index (κ1) is 15.6. The molecular weight excluding hydrogens is 276 g/mol. The van der Waals surface area contributed by atoms with E-state index in [0.29, 0.717) is 0 Å². The Hall–Kier alpha value is -1.80. The molecule has 0 saturated carbocycles. The van der Waals surface area contributed by atoms with Gasteiger partial charge in [0.25, 0.3) is 0 Å². The molecule has 0 aliphatic carbocycles. The Bertz CT molecular complexity index is 654. The Morgan fingerprint density at radius 3 is 2.43 bits per heavy atom. The number of hydrogen-bond acceptors (Lipinski definition) is 2. The highest BCUT2D eigenvalue weighted by atomic mass is 32.2. The van der Waals surface area contributed by atoms with Gasteiger partial charge in [-0.05, 0) is 61.1 Å². The summed E-state index contributed by atoms with van der Waals surface area (Å²) in [6, 6.07) is 14.0. The molecular formula is C19H20OS. The number of thioether (sulfide) groups is 1. The fraction of sp³-hybridized carbons (Fsp3) is 0.211. The Morgan fingerprint density at radius 1 is 1.10 bits per heavy atom. The average molecular weight is 296 g/mol. The Kier molecular flexibility index (Phi) is 5.40. The van der Waals surface area contributed by atoms with Gasteiger partial charge in [-0.3, -0.25) is 4.79 Å². The molecule has 108 valence electrons. The molecule has 2 heteroatoms. The summed E-state index contributed by atoms with van der Waals surface area (Å²) in [5.41, 5.74) is 4.25. The molecule has 2 aromatic rings. The van der Waals surface area contributed by atoms with Crippen LogP contribution in [0.4, 0.5) is 0 Å². The van der Waals surface area contributed by atoms with Crippen LogP contribution >= 0.6 is 11.8 Å². The fourth-order valence-corrected chi connectivity index (χ4v) is 2.82. The predicted octanol–water partition coefficient (Wildman–Crippen LogP) is 5.31. The normalized spacial score (nSPS) is 11.0. The topological polar surface area (TPSA) is 17.1 Å². The minimum atomic E-state index is 0.0445. The SMILES string of the molecule is CCSc1ccc(C(=O)/C=C/c2ccc(C)cc2C)cc1. The summed E-state index contributed by atoms with van der Waals surface area (Å²) >= 11 is 1.78. The summed E-state index contributed by atoms with van der Waals surface area (Å²) in [6.45, 7) is 6.26. The van der Waals surface area contributed by atoms with E-state index in [4.69, 9.17) is 0 Å². The highest BCUT2D eigenvalue weighted by molar-refractivity contribution is 7.99. The van der Waals surface area contributed by atoms with Crippen molar-refractivity contribution in [1.82, 2.24) is 0 Å². The number of benzene rings is 2. The predicted molar refractivity (Wildman–Crippen MR) is 92.1 cm³/mol. The molecule has 0 aromatic heterocycles. The summed E-state index contributed by atoms with van der Waals surface area (Å²) < 4.78 is 0. The highest BCUT2D eigenvalue weighted by Gasteiger charge is 2.02. The molecule has 0 fully saturated rings. The number of carbonyl (C=O) groups is 1. The Labute approximate surface area is 131 Å². The Balaban J connectivity index is 2.11. The standard InChI is InChI=1S/C19H20OS/c1-4-21-18-10-7-17(8-11-18)19(20)12-9-16-6-5-14(2)13-15(16)3/h5-13H,4H2,1-3H3/b12-9+. The van der Waals surface area contributed by atoms with Crippen LogP contribution in [-0.2, 0) is 0 Å². The van der Waals surface area contributed by atoms with E-state index < -0.39 is 0 Å². The van der Waals surface area contributed by atoms with Crippen LogP contribution in [0.2, 0.25) is 0 Å². The molecule has 0 aliphatic heterocycles. The van der Waals surface area contributed by atoms with Gasteiger partial charge in [0.05, 0.1) is 0 Å². The molecule has 0 saturated heterocycles. The number of ketones is 1. The van der Waals surface area contributed by atoms with E-state index in [0.717, 1.165) is 16.9 Å². The average Bonchev–Trinajstić information content (AvgIpc) is 2.47. The fourth-order valence-electron chi connectivity index (χ4n) is 2.16. The van der Waals surface area contributed by atoms with Gasteiger partial charge < -0.3 is 0 Å². The summed E-state index contributed by atoms with van der Waals surface area (Å²) in [6.07, 6.45) is 3.55. The second-order valence-electron chi connectivity index (χ2n) is 5.02. The van der Waals surface area contributed by atoms with E-state index in [1.807, 2.05) is 30.3 Å². The lowest BCUT2D eigenvalue weighted by atomic mass is 10.0. The van der Waals surface area contributed by atoms with E-state index in [9.17, 15) is 4.79 Å². The first-order valence-corrected chi connectivity index (χ1v) is 8.11. The second kappa shape index (κ2) is 7.28. The van der Waals surface area contributed by atoms with Crippen LogP contribution in [0.15, 0.2) is 53.4 Å². The van der Waals surface area contributed by atoms with E-state index >= 15 is 0 Å². The van der Waals surface area contributed by atoms with Gasteiger partial charge in [0, 0.05) is 10.5 Å². The lowest BCUT2D eigenvalue weighted by molar-refractivity contribution is 0.104. The molecule has 2 rings (SSSR count). The molecule has 0 radical (unpaired) electrons. The molecule has 0 heterocycles. The minimum absolute atomic E-state index is 0.0445. The van der Waals surface area contributed by atoms with Crippen LogP contribution < -0.4 is 0 Å². The van der Waals surface area contributed by atoms with Crippen molar-refractivity contribution < 1.29 is 4.79 Å². The number of allylic oxidation sites excluding steroid dienone is 1. The summed E-state index contributed by atoms with van der Waals surface area (Å²) in [5, 5.41) is 0. The third-order valence-corrected chi connectivity index (χ3v) is 4.18. The van der Waals surface area contributed by atoms with Crippen molar-refractivity contribution in [3.8, 4) is 0 Å². The molecule has 0 N–H and O–H groups in total. The van der Waals surface area contributed by atoms with E-state index in [-0.39, 0.29) is 5.78 Å². The number of carbonyl (C=O) groups excluding carboxylic acids is 1. The maximum Gasteiger partial charge on any atom is 0.185 e. The monoisotopic (exact) mass is 296 g/mol. The van der Waals surface area contributed by atoms with Gasteiger partial charge in [0.1, 0.15) is 0 Å². The van der Waals surface area contributed by atoms with Crippen molar-refractivity contribution in [3.63, 3.8) is 0 Å². The van der Waals surface area contributed by atoms with E-state index in [2.05, 4.69) is 39.0 Å². The van der Waals surface area contributed by atoms with Crippen LogP contribution in [0.1, 0.15) is 34.0 Å². The molecule has 1 nitrogen and oxygen atoms in total. The zero-order valence-corrected chi connectivity index (χ0v) is 13.5. The van der Waals surface area contributed by atoms with Gasteiger partial charge in [-0.2, -0.15) is 0 Å². The van der Waals surface area contributed by atoms with Crippen LogP contribution in [0, 0.1) is 13.8 Å². The smallest absolute Gasteiger partial charge is 0.185 e. The number of hydrogen-bond donors (Lipinski definition) is 0. The molecule has 0 aliphatic rings. The molecule has 0 unspecified atom stereocenters. The van der Waals surface area contributed by atoms with Crippen molar-refractivity contribution in [2.24, 2.45) is 0 Å². The van der Waals surface area contributed by atoms with Gasteiger partial charge in [-0.15, -0.1) is 11.8 Å². The Morgan fingerprint density at radius 2 is 1.81 bits per heavy atom. The van der Waals surface area contributed by atoms with Crippen molar-refractivity contribution in [2.45, 2.75) is 25.7 Å². The van der Waals surface area contributed by atoms with Gasteiger partial charge in [-0.25, -0.2) is 0 Å². The molecule has 0 bridgehead atoms. The van der Waals surface area contributed by atoms with Crippen molar-refractivity contribution in [1.29, 1.82) is 0 Å². The van der Waals surface area contributed by atoms with Gasteiger partial charge in [0.15, 0.2) is 5.78 Å². The van der Waals surface area contributed by atoms with Gasteiger partial charge in [-0.1, -0.05) is 36.8 Å². The highest BCUT2D eigenvalue weighted by Crippen LogP contribution is 2.18. The molecule has 2 aromatic carbocycles. The van der Waals surface area contributed by atoms with Crippen LogP contribution in [0.25, 0.3) is 6.08 Å². The first-order chi connectivity index (χ1) is 10.1. The van der Waals surface area contributed by atoms with Crippen LogP contribution in [-0.4, -0.2) is 11.5 Å². The number of rotatable bonds is 5. The molecule has 0 amide bonds. The van der Waals surface area contributed by atoms with E-state index in [1.165, 1.54) is 16.0 Å². The lowest BCUT2D eigenvalue weighted by Gasteiger charge is -2.02. The summed E-state index contributed by atoms with van der Waals surface area (Å²) in [7, 11) is 0. The largest absolute Gasteiger partial charge is 0.289 e. The second-order valence-corrected chi connectivity index (χ2v) is 6.35. The molecule has 21 heavy (non-hydrogen) atoms. The van der Waals surface area contributed by atoms with Crippen LogP contribution in [0.5, 0.6) is 0 Å². The third kappa shape index (κ3) is 4.33. The summed E-state index contributed by atoms with van der Waals surface area (Å²) in [5.74, 6) is 1.09. The maximum atomic E-state index is 12.2. The van der Waals surface area contributed by atoms with Gasteiger partial charge >= 0.3 is 0 Å². The van der Waals surface area contributed by atoms with Crippen molar-refractivity contribution in [3.05, 3.63) is 70.8 Å². The van der Waals surface area contributed by atoms with Crippen molar-refractivity contribution in [2.75, 3.05) is 5.75 Å². The van der Waals surface area contributed by atoms with Gasteiger partial charge in [0.2, 0.25) is 0 Å². The molecule has 0 spiro atoms. The minimum Gasteiger partial charge on any atom is -0.289 e. The molecule has 0 atom stereocenters. The van der Waals surface area contributed by atoms with E-state index in [1.54, 1.807) is 17.8 Å². The third-order valence-electron chi connectivity index (χ3n) is 3.29.